The van der Waals surface area contributed by atoms with Gasteiger partial charge < -0.3 is 0 Å². The van der Waals surface area contributed by atoms with Crippen LogP contribution in [0.25, 0.3) is 0 Å². The van der Waals surface area contributed by atoms with Gasteiger partial charge in [-0.25, -0.2) is 12.7 Å². The maximum absolute atomic E-state index is 11.5. The fourth-order valence-electron chi connectivity index (χ4n) is 1.93. The predicted octanol–water partition coefficient (Wildman–Crippen LogP) is 1.19. The predicted molar refractivity (Wildman–Crippen MR) is 63.6 cm³/mol. The first-order chi connectivity index (χ1) is 7.30. The van der Waals surface area contributed by atoms with Crippen LogP contribution in [0.2, 0.25) is 0 Å². The van der Waals surface area contributed by atoms with Crippen LogP contribution >= 0.6 is 0 Å². The molecule has 1 fully saturated rings. The Bertz CT molecular complexity index is 386. The smallest absolute Gasteiger partial charge is 0.211 e. The molecule has 5 heteroatoms. The van der Waals surface area contributed by atoms with Crippen LogP contribution in [-0.2, 0) is 14.8 Å². The van der Waals surface area contributed by atoms with E-state index in [0.29, 0.717) is 25.1 Å². The molecular weight excluding hydrogens is 226 g/mol. The first-order valence-electron chi connectivity index (χ1n) is 5.44. The van der Waals surface area contributed by atoms with Crippen molar-refractivity contribution in [3.63, 3.8) is 0 Å². The Morgan fingerprint density at radius 2 is 2.12 bits per heavy atom. The van der Waals surface area contributed by atoms with Gasteiger partial charge in [-0.15, -0.1) is 0 Å². The van der Waals surface area contributed by atoms with Crippen LogP contribution in [0.15, 0.2) is 12.2 Å². The number of sulfonamides is 1. The fraction of sp³-hybridized carbons (Fsp3) is 0.727. The third-order valence-corrected chi connectivity index (χ3v) is 4.17. The lowest BCUT2D eigenvalue weighted by molar-refractivity contribution is -0.116. The van der Waals surface area contributed by atoms with E-state index in [2.05, 4.69) is 6.58 Å². The van der Waals surface area contributed by atoms with Crippen LogP contribution in [0.5, 0.6) is 0 Å². The average molecular weight is 245 g/mol. The van der Waals surface area contributed by atoms with E-state index >= 15 is 0 Å². The van der Waals surface area contributed by atoms with E-state index in [9.17, 15) is 13.2 Å². The summed E-state index contributed by atoms with van der Waals surface area (Å²) in [6.07, 6.45) is 3.39. The van der Waals surface area contributed by atoms with E-state index < -0.39 is 10.0 Å². The number of rotatable bonds is 4. The van der Waals surface area contributed by atoms with Crippen molar-refractivity contribution in [3.8, 4) is 0 Å². The molecule has 0 aromatic rings. The highest BCUT2D eigenvalue weighted by atomic mass is 32.2. The number of carbonyl (C=O) groups excluding carboxylic acids is 1. The number of carbonyl (C=O) groups is 1. The number of allylic oxidation sites excluding steroid dienone is 1. The Morgan fingerprint density at radius 1 is 1.50 bits per heavy atom. The van der Waals surface area contributed by atoms with Crippen LogP contribution in [0.1, 0.15) is 26.2 Å². The summed E-state index contributed by atoms with van der Waals surface area (Å²) < 4.78 is 24.2. The van der Waals surface area contributed by atoms with Gasteiger partial charge in [0, 0.05) is 19.5 Å². The zero-order valence-electron chi connectivity index (χ0n) is 9.90. The van der Waals surface area contributed by atoms with Crippen molar-refractivity contribution in [2.24, 2.45) is 5.92 Å². The molecule has 1 heterocycles. The number of Topliss-reactive ketones (excluding diaryl/α,β-unsaturated/α-hetero) is 1. The van der Waals surface area contributed by atoms with Gasteiger partial charge in [0.05, 0.1) is 6.26 Å². The van der Waals surface area contributed by atoms with E-state index in [4.69, 9.17) is 0 Å². The maximum atomic E-state index is 11.5. The molecule has 0 amide bonds. The summed E-state index contributed by atoms with van der Waals surface area (Å²) in [5, 5.41) is 0. The first kappa shape index (κ1) is 13.4. The lowest BCUT2D eigenvalue weighted by Gasteiger charge is -2.30. The van der Waals surface area contributed by atoms with Gasteiger partial charge in [-0.05, 0) is 31.3 Å². The molecule has 0 aromatic heterocycles. The van der Waals surface area contributed by atoms with E-state index in [1.807, 2.05) is 0 Å². The molecule has 92 valence electrons. The van der Waals surface area contributed by atoms with E-state index in [1.165, 1.54) is 10.6 Å². The van der Waals surface area contributed by atoms with Gasteiger partial charge in [0.1, 0.15) is 0 Å². The second-order valence-corrected chi connectivity index (χ2v) is 6.52. The van der Waals surface area contributed by atoms with Crippen LogP contribution < -0.4 is 0 Å². The monoisotopic (exact) mass is 245 g/mol. The molecule has 0 aliphatic carbocycles. The highest BCUT2D eigenvalue weighted by Crippen LogP contribution is 2.22. The standard InChI is InChI=1S/C11H19NO3S/c1-9(2)11(13)7-10-5-4-6-12(8-10)16(3,14)15/h10H,1,4-8H2,2-3H3. The summed E-state index contributed by atoms with van der Waals surface area (Å²) in [4.78, 5) is 11.5. The summed E-state index contributed by atoms with van der Waals surface area (Å²) in [6.45, 7) is 6.35. The minimum Gasteiger partial charge on any atom is -0.295 e. The molecular formula is C11H19NO3S. The third-order valence-electron chi connectivity index (χ3n) is 2.90. The van der Waals surface area contributed by atoms with Gasteiger partial charge in [0.15, 0.2) is 5.78 Å². The minimum absolute atomic E-state index is 0.0420. The molecule has 0 N–H and O–H groups in total. The summed E-state index contributed by atoms with van der Waals surface area (Å²) >= 11 is 0. The zero-order valence-corrected chi connectivity index (χ0v) is 10.7. The van der Waals surface area contributed by atoms with Crippen molar-refractivity contribution in [1.29, 1.82) is 0 Å². The number of piperidine rings is 1. The van der Waals surface area contributed by atoms with Gasteiger partial charge in [-0.1, -0.05) is 6.58 Å². The normalized spacial score (nSPS) is 23.0. The molecule has 4 nitrogen and oxygen atoms in total. The molecule has 1 atom stereocenters. The number of hydrogen-bond donors (Lipinski definition) is 0. The van der Waals surface area contributed by atoms with Crippen molar-refractivity contribution in [3.05, 3.63) is 12.2 Å². The molecule has 0 saturated carbocycles. The molecule has 0 bridgehead atoms. The molecule has 1 unspecified atom stereocenters. The second-order valence-electron chi connectivity index (χ2n) is 4.54. The number of nitrogens with zero attached hydrogens (tertiary/aromatic N) is 1. The summed E-state index contributed by atoms with van der Waals surface area (Å²) in [6, 6.07) is 0. The third kappa shape index (κ3) is 3.72. The summed E-state index contributed by atoms with van der Waals surface area (Å²) in [5.74, 6) is 0.188. The van der Waals surface area contributed by atoms with Gasteiger partial charge in [0.2, 0.25) is 10.0 Å². The Labute approximate surface area is 97.4 Å². The molecule has 1 saturated heterocycles. The second kappa shape index (κ2) is 5.10. The lowest BCUT2D eigenvalue weighted by atomic mass is 9.92. The topological polar surface area (TPSA) is 54.5 Å². The van der Waals surface area contributed by atoms with E-state index in [1.54, 1.807) is 6.92 Å². The zero-order chi connectivity index (χ0) is 12.3. The van der Waals surface area contributed by atoms with Crippen molar-refractivity contribution in [2.75, 3.05) is 19.3 Å². The summed E-state index contributed by atoms with van der Waals surface area (Å²) in [5.41, 5.74) is 0.552. The maximum Gasteiger partial charge on any atom is 0.211 e. The van der Waals surface area contributed by atoms with Crippen LogP contribution in [0.4, 0.5) is 0 Å². The van der Waals surface area contributed by atoms with E-state index in [0.717, 1.165) is 12.8 Å². The average Bonchev–Trinajstić information content (AvgIpc) is 2.16. The van der Waals surface area contributed by atoms with Crippen molar-refractivity contribution in [2.45, 2.75) is 26.2 Å². The molecule has 1 aliphatic rings. The van der Waals surface area contributed by atoms with E-state index in [-0.39, 0.29) is 11.7 Å². The fourth-order valence-corrected chi connectivity index (χ4v) is 2.87. The van der Waals surface area contributed by atoms with Gasteiger partial charge in [-0.3, -0.25) is 4.79 Å². The van der Waals surface area contributed by atoms with Crippen LogP contribution in [0.3, 0.4) is 0 Å². The molecule has 0 aromatic carbocycles. The summed E-state index contributed by atoms with van der Waals surface area (Å²) in [7, 11) is -3.12. The van der Waals surface area contributed by atoms with Crippen molar-refractivity contribution in [1.82, 2.24) is 4.31 Å². The largest absolute Gasteiger partial charge is 0.295 e. The Balaban J connectivity index is 2.58. The van der Waals surface area contributed by atoms with Gasteiger partial charge in [0.25, 0.3) is 0 Å². The Morgan fingerprint density at radius 3 is 2.62 bits per heavy atom. The Kier molecular flexibility index (Phi) is 4.27. The van der Waals surface area contributed by atoms with Crippen molar-refractivity contribution >= 4 is 15.8 Å². The Hall–Kier alpha value is -0.680. The molecule has 16 heavy (non-hydrogen) atoms. The van der Waals surface area contributed by atoms with Crippen LogP contribution in [0, 0.1) is 5.92 Å². The quantitative estimate of drug-likeness (QED) is 0.699. The molecule has 1 rings (SSSR count). The first-order valence-corrected chi connectivity index (χ1v) is 7.29. The van der Waals surface area contributed by atoms with Crippen LogP contribution in [-0.4, -0.2) is 37.9 Å². The van der Waals surface area contributed by atoms with Gasteiger partial charge >= 0.3 is 0 Å². The molecule has 0 radical (unpaired) electrons. The SMILES string of the molecule is C=C(C)C(=O)CC1CCCN(S(C)(=O)=O)C1. The van der Waals surface area contributed by atoms with Gasteiger partial charge in [-0.2, -0.15) is 0 Å². The highest BCUT2D eigenvalue weighted by Gasteiger charge is 2.27. The number of hydrogen-bond acceptors (Lipinski definition) is 3. The highest BCUT2D eigenvalue weighted by molar-refractivity contribution is 7.88. The minimum atomic E-state index is -3.12. The number of ketones is 1. The lowest BCUT2D eigenvalue weighted by Crippen LogP contribution is -2.39. The molecule has 0 spiro atoms. The van der Waals surface area contributed by atoms with Crippen molar-refractivity contribution < 1.29 is 13.2 Å². The molecule has 1 aliphatic heterocycles.